The largest absolute Gasteiger partial charge is 0.481 e. The molecule has 2 saturated heterocycles. The highest BCUT2D eigenvalue weighted by Crippen LogP contribution is 2.22. The van der Waals surface area contributed by atoms with Crippen LogP contribution in [0.4, 0.5) is 4.79 Å². The Bertz CT molecular complexity index is 339. The Balaban J connectivity index is 1.99. The van der Waals surface area contributed by atoms with Crippen LogP contribution in [-0.2, 0) is 4.79 Å². The lowest BCUT2D eigenvalue weighted by molar-refractivity contribution is -0.138. The molecule has 2 aliphatic rings. The van der Waals surface area contributed by atoms with Gasteiger partial charge in [0, 0.05) is 31.1 Å². The molecular formula is C11H18N2O4S. The third-order valence-electron chi connectivity index (χ3n) is 3.32. The highest BCUT2D eigenvalue weighted by molar-refractivity contribution is 7.99. The Hall–Kier alpha value is -0.950. The summed E-state index contributed by atoms with van der Waals surface area (Å²) in [6.07, 6.45) is 0.165. The van der Waals surface area contributed by atoms with E-state index in [1.165, 1.54) is 0 Å². The summed E-state index contributed by atoms with van der Waals surface area (Å²) in [4.78, 5) is 26.4. The van der Waals surface area contributed by atoms with Gasteiger partial charge in [-0.2, -0.15) is 11.8 Å². The van der Waals surface area contributed by atoms with Crippen LogP contribution in [0.25, 0.3) is 0 Å². The average molecular weight is 274 g/mol. The molecule has 102 valence electrons. The van der Waals surface area contributed by atoms with Crippen LogP contribution in [0.5, 0.6) is 0 Å². The van der Waals surface area contributed by atoms with Crippen molar-refractivity contribution in [2.45, 2.75) is 25.0 Å². The van der Waals surface area contributed by atoms with Gasteiger partial charge in [0.05, 0.1) is 18.6 Å². The van der Waals surface area contributed by atoms with Crippen LogP contribution < -0.4 is 0 Å². The number of nitrogens with zero attached hydrogens (tertiary/aromatic N) is 2. The van der Waals surface area contributed by atoms with E-state index in [0.717, 1.165) is 5.75 Å². The summed E-state index contributed by atoms with van der Waals surface area (Å²) in [5.74, 6) is 0.647. The van der Waals surface area contributed by atoms with Crippen molar-refractivity contribution >= 4 is 23.8 Å². The van der Waals surface area contributed by atoms with Gasteiger partial charge in [-0.3, -0.25) is 4.79 Å². The molecule has 2 unspecified atom stereocenters. The number of urea groups is 1. The summed E-state index contributed by atoms with van der Waals surface area (Å²) >= 11 is 1.68. The van der Waals surface area contributed by atoms with E-state index in [2.05, 4.69) is 0 Å². The van der Waals surface area contributed by atoms with Crippen molar-refractivity contribution in [3.05, 3.63) is 0 Å². The Morgan fingerprint density at radius 1 is 1.33 bits per heavy atom. The van der Waals surface area contributed by atoms with Gasteiger partial charge in [0.25, 0.3) is 0 Å². The van der Waals surface area contributed by atoms with E-state index >= 15 is 0 Å². The molecule has 0 bridgehead atoms. The zero-order valence-corrected chi connectivity index (χ0v) is 10.9. The van der Waals surface area contributed by atoms with E-state index < -0.39 is 12.1 Å². The normalized spacial score (nSPS) is 28.5. The molecule has 2 fully saturated rings. The second-order valence-corrected chi connectivity index (χ2v) is 5.84. The fraction of sp³-hybridized carbons (Fsp3) is 0.818. The number of β-amino-alcohol motifs (C(OH)–C–C–N with tert-alkyl or cyclic N) is 1. The first-order valence-corrected chi connectivity index (χ1v) is 7.26. The van der Waals surface area contributed by atoms with Gasteiger partial charge in [0.2, 0.25) is 0 Å². The van der Waals surface area contributed by atoms with Crippen molar-refractivity contribution in [1.82, 2.24) is 9.80 Å². The van der Waals surface area contributed by atoms with E-state index in [1.54, 1.807) is 21.6 Å². The minimum absolute atomic E-state index is 0.00483. The lowest BCUT2D eigenvalue weighted by atomic mass is 10.2. The molecule has 2 aliphatic heterocycles. The zero-order chi connectivity index (χ0) is 13.1. The maximum Gasteiger partial charge on any atom is 0.320 e. The Labute approximate surface area is 110 Å². The van der Waals surface area contributed by atoms with Crippen LogP contribution in [0.2, 0.25) is 0 Å². The first kappa shape index (κ1) is 13.5. The number of carboxylic acids is 1. The van der Waals surface area contributed by atoms with E-state index in [4.69, 9.17) is 5.11 Å². The van der Waals surface area contributed by atoms with Crippen LogP contribution >= 0.6 is 11.8 Å². The highest BCUT2D eigenvalue weighted by Gasteiger charge is 2.34. The van der Waals surface area contributed by atoms with Crippen LogP contribution in [0.3, 0.4) is 0 Å². The minimum Gasteiger partial charge on any atom is -0.481 e. The summed E-state index contributed by atoms with van der Waals surface area (Å²) in [5, 5.41) is 18.3. The lowest BCUT2D eigenvalue weighted by Gasteiger charge is -2.37. The molecule has 0 aromatic heterocycles. The van der Waals surface area contributed by atoms with E-state index in [1.807, 2.05) is 0 Å². The fourth-order valence-corrected chi connectivity index (χ4v) is 3.44. The van der Waals surface area contributed by atoms with Gasteiger partial charge < -0.3 is 20.0 Å². The summed E-state index contributed by atoms with van der Waals surface area (Å²) in [5.41, 5.74) is 0. The molecule has 2 amide bonds. The van der Waals surface area contributed by atoms with Gasteiger partial charge in [-0.15, -0.1) is 0 Å². The molecule has 6 nitrogen and oxygen atoms in total. The Morgan fingerprint density at radius 3 is 2.72 bits per heavy atom. The number of aliphatic hydroxyl groups excluding tert-OH is 1. The number of rotatable bonds is 2. The molecular weight excluding hydrogens is 256 g/mol. The second-order valence-electron chi connectivity index (χ2n) is 4.69. The summed E-state index contributed by atoms with van der Waals surface area (Å²) in [6.45, 7) is 1.51. The smallest absolute Gasteiger partial charge is 0.320 e. The lowest BCUT2D eigenvalue weighted by Crippen LogP contribution is -2.52. The first-order chi connectivity index (χ1) is 8.58. The molecule has 0 radical (unpaired) electrons. The first-order valence-electron chi connectivity index (χ1n) is 6.11. The molecule has 0 aromatic carbocycles. The number of carboxylic acid groups (broad SMARTS) is 1. The molecule has 0 spiro atoms. The number of aliphatic hydroxyl groups is 1. The van der Waals surface area contributed by atoms with E-state index in [0.29, 0.717) is 31.8 Å². The number of thioether (sulfide) groups is 1. The van der Waals surface area contributed by atoms with E-state index in [-0.39, 0.29) is 18.5 Å². The van der Waals surface area contributed by atoms with Gasteiger partial charge in [-0.25, -0.2) is 4.79 Å². The molecule has 18 heavy (non-hydrogen) atoms. The van der Waals surface area contributed by atoms with Crippen LogP contribution in [0, 0.1) is 0 Å². The van der Waals surface area contributed by atoms with Crippen molar-refractivity contribution in [2.24, 2.45) is 0 Å². The zero-order valence-electron chi connectivity index (χ0n) is 10.1. The third kappa shape index (κ3) is 3.08. The second kappa shape index (κ2) is 5.79. The van der Waals surface area contributed by atoms with Crippen molar-refractivity contribution in [2.75, 3.05) is 31.1 Å². The molecule has 2 heterocycles. The van der Waals surface area contributed by atoms with Gasteiger partial charge in [0.1, 0.15) is 0 Å². The minimum atomic E-state index is -0.873. The quantitative estimate of drug-likeness (QED) is 0.744. The van der Waals surface area contributed by atoms with E-state index in [9.17, 15) is 14.7 Å². The van der Waals surface area contributed by atoms with Crippen molar-refractivity contribution in [3.8, 4) is 0 Å². The third-order valence-corrected chi connectivity index (χ3v) is 4.41. The predicted molar refractivity (Wildman–Crippen MR) is 67.7 cm³/mol. The van der Waals surface area contributed by atoms with Crippen LogP contribution in [0.1, 0.15) is 12.8 Å². The number of hydrogen-bond donors (Lipinski definition) is 2. The van der Waals surface area contributed by atoms with Gasteiger partial charge in [-0.05, 0) is 6.42 Å². The van der Waals surface area contributed by atoms with Gasteiger partial charge >= 0.3 is 12.0 Å². The monoisotopic (exact) mass is 274 g/mol. The number of aliphatic carboxylic acids is 1. The standard InChI is InChI=1S/C11H18N2O4S/c14-9-1-2-12(6-9)11(17)13-3-4-18-7-8(13)5-10(15)16/h8-9,14H,1-7H2,(H,15,16). The maximum atomic E-state index is 12.3. The van der Waals surface area contributed by atoms with Crippen molar-refractivity contribution < 1.29 is 19.8 Å². The Morgan fingerprint density at radius 2 is 2.11 bits per heavy atom. The predicted octanol–water partition coefficient (Wildman–Crippen LogP) is 0.0651. The summed E-state index contributed by atoms with van der Waals surface area (Å²) < 4.78 is 0. The molecule has 0 aromatic rings. The molecule has 7 heteroatoms. The maximum absolute atomic E-state index is 12.3. The van der Waals surface area contributed by atoms with Gasteiger partial charge in [0.15, 0.2) is 0 Å². The number of carbonyl (C=O) groups is 2. The molecule has 2 rings (SSSR count). The van der Waals surface area contributed by atoms with Crippen LogP contribution in [-0.4, -0.2) is 75.3 Å². The molecule has 2 atom stereocenters. The summed E-state index contributed by atoms with van der Waals surface area (Å²) in [7, 11) is 0. The number of amides is 2. The summed E-state index contributed by atoms with van der Waals surface area (Å²) in [6, 6.07) is -0.357. The van der Waals surface area contributed by atoms with Gasteiger partial charge in [-0.1, -0.05) is 0 Å². The molecule has 0 aliphatic carbocycles. The number of carbonyl (C=O) groups excluding carboxylic acids is 1. The SMILES string of the molecule is O=C(O)CC1CSCCN1C(=O)N1CCC(O)C1. The van der Waals surface area contributed by atoms with Crippen LogP contribution in [0.15, 0.2) is 0 Å². The Kier molecular flexibility index (Phi) is 4.34. The topological polar surface area (TPSA) is 81.1 Å². The highest BCUT2D eigenvalue weighted by atomic mass is 32.2. The van der Waals surface area contributed by atoms with Crippen molar-refractivity contribution in [1.29, 1.82) is 0 Å². The number of likely N-dealkylation sites (tertiary alicyclic amines) is 1. The van der Waals surface area contributed by atoms with Crippen molar-refractivity contribution in [3.63, 3.8) is 0 Å². The average Bonchev–Trinajstić information content (AvgIpc) is 2.75. The molecule has 0 saturated carbocycles. The molecule has 2 N–H and O–H groups in total. The fourth-order valence-electron chi connectivity index (χ4n) is 2.37. The number of hydrogen-bond acceptors (Lipinski definition) is 4.